The van der Waals surface area contributed by atoms with Crippen LogP contribution >= 0.6 is 0 Å². The van der Waals surface area contributed by atoms with Crippen LogP contribution in [0.5, 0.6) is 0 Å². The molecule has 0 aromatic heterocycles. The van der Waals surface area contributed by atoms with Gasteiger partial charge in [0.15, 0.2) is 0 Å². The van der Waals surface area contributed by atoms with Gasteiger partial charge in [0.2, 0.25) is 0 Å². The average molecular weight is 111 g/mol. The second-order valence-electron chi connectivity index (χ2n) is 1.43. The molecular formula is C6H9NO. The second-order valence-corrected chi connectivity index (χ2v) is 1.43. The Bertz CT molecular complexity index is 135. The van der Waals surface area contributed by atoms with Crippen molar-refractivity contribution in [2.24, 2.45) is 4.99 Å². The van der Waals surface area contributed by atoms with E-state index in [1.807, 2.05) is 0 Å². The van der Waals surface area contributed by atoms with E-state index in [9.17, 15) is 4.79 Å². The number of carbonyl (C=O) groups excluding carboxylic acids is 1. The smallest absolute Gasteiger partial charge is 0.267 e. The van der Waals surface area contributed by atoms with E-state index in [4.69, 9.17) is 0 Å². The molecule has 0 heterocycles. The molecule has 0 spiro atoms. The monoisotopic (exact) mass is 111 g/mol. The van der Waals surface area contributed by atoms with Crippen LogP contribution in [0.2, 0.25) is 0 Å². The van der Waals surface area contributed by atoms with Crippen LogP contribution in [0.25, 0.3) is 0 Å². The summed E-state index contributed by atoms with van der Waals surface area (Å²) in [4.78, 5) is 13.6. The first-order chi connectivity index (χ1) is 3.72. The van der Waals surface area contributed by atoms with Gasteiger partial charge >= 0.3 is 0 Å². The fourth-order valence-corrected chi connectivity index (χ4v) is 0.248. The van der Waals surface area contributed by atoms with E-state index >= 15 is 0 Å². The summed E-state index contributed by atoms with van der Waals surface area (Å²) in [5, 5.41) is 0. The highest BCUT2D eigenvalue weighted by Crippen LogP contribution is 1.92. The zero-order valence-corrected chi connectivity index (χ0v) is 5.14. The lowest BCUT2D eigenvalue weighted by Gasteiger charge is -1.86. The second kappa shape index (κ2) is 3.13. The minimum atomic E-state index is -0.243. The topological polar surface area (TPSA) is 29.4 Å². The normalized spacial score (nSPS) is 11.0. The largest absolute Gasteiger partial charge is 0.271 e. The summed E-state index contributed by atoms with van der Waals surface area (Å²) in [7, 11) is 0. The van der Waals surface area contributed by atoms with E-state index in [0.29, 0.717) is 5.57 Å². The van der Waals surface area contributed by atoms with Crippen molar-refractivity contribution in [2.45, 2.75) is 13.8 Å². The quantitative estimate of drug-likeness (QED) is 0.369. The van der Waals surface area contributed by atoms with E-state index in [1.165, 1.54) is 0 Å². The Kier molecular flexibility index (Phi) is 2.77. The molecule has 44 valence electrons. The van der Waals surface area contributed by atoms with Crippen molar-refractivity contribution in [1.82, 2.24) is 0 Å². The van der Waals surface area contributed by atoms with Crippen LogP contribution in [-0.4, -0.2) is 12.6 Å². The minimum absolute atomic E-state index is 0.243. The molecule has 0 radical (unpaired) electrons. The Morgan fingerprint density at radius 3 is 2.38 bits per heavy atom. The van der Waals surface area contributed by atoms with Crippen LogP contribution in [0.4, 0.5) is 0 Å². The zero-order chi connectivity index (χ0) is 6.57. The molecule has 0 aliphatic rings. The summed E-state index contributed by atoms with van der Waals surface area (Å²) < 4.78 is 0. The number of rotatable bonds is 1. The number of nitrogens with zero attached hydrogens (tertiary/aromatic N) is 1. The van der Waals surface area contributed by atoms with Crippen LogP contribution in [0.1, 0.15) is 13.8 Å². The van der Waals surface area contributed by atoms with Crippen molar-refractivity contribution < 1.29 is 4.79 Å². The van der Waals surface area contributed by atoms with Crippen molar-refractivity contribution in [1.29, 1.82) is 0 Å². The highest BCUT2D eigenvalue weighted by atomic mass is 16.1. The van der Waals surface area contributed by atoms with Crippen molar-refractivity contribution in [2.75, 3.05) is 0 Å². The van der Waals surface area contributed by atoms with Crippen LogP contribution in [0.3, 0.4) is 0 Å². The van der Waals surface area contributed by atoms with Gasteiger partial charge in [-0.1, -0.05) is 6.08 Å². The lowest BCUT2D eigenvalue weighted by Crippen LogP contribution is -1.91. The van der Waals surface area contributed by atoms with Crippen LogP contribution < -0.4 is 0 Å². The molecule has 0 saturated heterocycles. The van der Waals surface area contributed by atoms with Crippen molar-refractivity contribution >= 4 is 12.6 Å². The molecule has 0 aromatic rings. The van der Waals surface area contributed by atoms with Gasteiger partial charge in [0, 0.05) is 5.57 Å². The zero-order valence-electron chi connectivity index (χ0n) is 5.14. The summed E-state index contributed by atoms with van der Waals surface area (Å²) in [5.41, 5.74) is 0.639. The van der Waals surface area contributed by atoms with Crippen molar-refractivity contribution in [3.05, 3.63) is 11.6 Å². The van der Waals surface area contributed by atoms with Gasteiger partial charge in [-0.2, -0.15) is 0 Å². The van der Waals surface area contributed by atoms with E-state index < -0.39 is 0 Å². The van der Waals surface area contributed by atoms with Gasteiger partial charge in [-0.25, -0.2) is 4.99 Å². The summed E-state index contributed by atoms with van der Waals surface area (Å²) in [6.07, 6.45) is 1.71. The average Bonchev–Trinajstić information content (AvgIpc) is 1.84. The number of amides is 1. The Labute approximate surface area is 48.9 Å². The predicted octanol–water partition coefficient (Wildman–Crippen LogP) is 1.18. The summed E-state index contributed by atoms with van der Waals surface area (Å²) >= 11 is 0. The Balaban J connectivity index is 4.03. The highest BCUT2D eigenvalue weighted by molar-refractivity contribution is 5.95. The van der Waals surface area contributed by atoms with Gasteiger partial charge in [0.05, 0.1) is 0 Å². The van der Waals surface area contributed by atoms with Crippen LogP contribution in [0, 0.1) is 0 Å². The van der Waals surface area contributed by atoms with Crippen LogP contribution in [-0.2, 0) is 4.79 Å². The number of allylic oxidation sites excluding steroid dienone is 1. The Morgan fingerprint density at radius 2 is 2.25 bits per heavy atom. The maximum Gasteiger partial charge on any atom is 0.271 e. The summed E-state index contributed by atoms with van der Waals surface area (Å²) in [5.74, 6) is -0.243. The number of carbonyl (C=O) groups is 1. The molecule has 1 amide bonds. The molecule has 0 rings (SSSR count). The molecule has 0 aliphatic heterocycles. The fraction of sp³-hybridized carbons (Fsp3) is 0.333. The molecule has 2 heteroatoms. The molecule has 0 N–H and O–H groups in total. The first kappa shape index (κ1) is 7.08. The number of aliphatic imine (C=N–C) groups is 1. The van der Waals surface area contributed by atoms with Gasteiger partial charge < -0.3 is 0 Å². The van der Waals surface area contributed by atoms with Gasteiger partial charge in [0.1, 0.15) is 0 Å². The van der Waals surface area contributed by atoms with Crippen molar-refractivity contribution in [3.63, 3.8) is 0 Å². The van der Waals surface area contributed by atoms with Gasteiger partial charge in [-0.15, -0.1) is 0 Å². The molecule has 0 saturated carbocycles. The third-order valence-electron chi connectivity index (χ3n) is 0.914. The van der Waals surface area contributed by atoms with E-state index in [0.717, 1.165) is 0 Å². The molecule has 0 aromatic carbocycles. The Morgan fingerprint density at radius 1 is 1.75 bits per heavy atom. The molecule has 0 atom stereocenters. The predicted molar refractivity (Wildman–Crippen MR) is 34.0 cm³/mol. The maximum absolute atomic E-state index is 10.4. The third-order valence-corrected chi connectivity index (χ3v) is 0.914. The van der Waals surface area contributed by atoms with Crippen LogP contribution in [0.15, 0.2) is 16.6 Å². The summed E-state index contributed by atoms with van der Waals surface area (Å²) in [6, 6.07) is 0. The van der Waals surface area contributed by atoms with E-state index in [2.05, 4.69) is 11.7 Å². The molecule has 0 bridgehead atoms. The van der Waals surface area contributed by atoms with Gasteiger partial charge in [-0.05, 0) is 20.6 Å². The molecule has 0 aliphatic carbocycles. The summed E-state index contributed by atoms with van der Waals surface area (Å²) in [6.45, 7) is 6.58. The highest BCUT2D eigenvalue weighted by Gasteiger charge is 1.94. The maximum atomic E-state index is 10.4. The SMILES string of the molecule is C=NC(=O)C(C)=CC. The van der Waals surface area contributed by atoms with E-state index in [1.54, 1.807) is 19.9 Å². The first-order valence-corrected chi connectivity index (χ1v) is 2.36. The fourth-order valence-electron chi connectivity index (χ4n) is 0.248. The molecule has 0 fully saturated rings. The third kappa shape index (κ3) is 1.69. The van der Waals surface area contributed by atoms with E-state index in [-0.39, 0.29) is 5.91 Å². The molecule has 2 nitrogen and oxygen atoms in total. The van der Waals surface area contributed by atoms with Gasteiger partial charge in [-0.3, -0.25) is 4.79 Å². The molecule has 8 heavy (non-hydrogen) atoms. The molecule has 0 unspecified atom stereocenters. The first-order valence-electron chi connectivity index (χ1n) is 2.36. The number of hydrogen-bond donors (Lipinski definition) is 0. The number of hydrogen-bond acceptors (Lipinski definition) is 1. The molecular weight excluding hydrogens is 102 g/mol. The Hall–Kier alpha value is -0.920. The van der Waals surface area contributed by atoms with Gasteiger partial charge in [0.25, 0.3) is 5.91 Å². The lowest BCUT2D eigenvalue weighted by atomic mass is 10.3. The van der Waals surface area contributed by atoms with Crippen molar-refractivity contribution in [3.8, 4) is 0 Å². The standard InChI is InChI=1S/C6H9NO/c1-4-5(2)6(8)7-3/h4H,3H2,1-2H3. The lowest BCUT2D eigenvalue weighted by molar-refractivity contribution is -0.114. The minimum Gasteiger partial charge on any atom is -0.267 e.